The van der Waals surface area contributed by atoms with Crippen molar-refractivity contribution in [2.45, 2.75) is 0 Å². The monoisotopic (exact) mass is 145 g/mol. The SMILES string of the molecule is NCC1=C(Cl)C=CCO1. The summed E-state index contributed by atoms with van der Waals surface area (Å²) in [4.78, 5) is 0. The van der Waals surface area contributed by atoms with Crippen LogP contribution in [-0.2, 0) is 4.74 Å². The van der Waals surface area contributed by atoms with Crippen LogP contribution in [0.4, 0.5) is 0 Å². The molecule has 0 bridgehead atoms. The normalized spacial score (nSPS) is 18.0. The molecule has 1 aliphatic heterocycles. The molecule has 0 saturated heterocycles. The van der Waals surface area contributed by atoms with Crippen LogP contribution in [0.1, 0.15) is 0 Å². The zero-order valence-corrected chi connectivity index (χ0v) is 5.69. The van der Waals surface area contributed by atoms with E-state index in [2.05, 4.69) is 0 Å². The first-order chi connectivity index (χ1) is 4.34. The highest BCUT2D eigenvalue weighted by Crippen LogP contribution is 2.14. The van der Waals surface area contributed by atoms with Crippen molar-refractivity contribution in [2.24, 2.45) is 5.73 Å². The van der Waals surface area contributed by atoms with E-state index in [0.29, 0.717) is 23.9 Å². The molecule has 0 saturated carbocycles. The van der Waals surface area contributed by atoms with Crippen LogP contribution in [0.25, 0.3) is 0 Å². The number of rotatable bonds is 1. The summed E-state index contributed by atoms with van der Waals surface area (Å²) in [5.74, 6) is 0.680. The zero-order chi connectivity index (χ0) is 6.69. The fraction of sp³-hybridized carbons (Fsp3) is 0.333. The summed E-state index contributed by atoms with van der Waals surface area (Å²) in [6, 6.07) is 0. The maximum atomic E-state index is 5.67. The molecular weight excluding hydrogens is 138 g/mol. The highest BCUT2D eigenvalue weighted by atomic mass is 35.5. The smallest absolute Gasteiger partial charge is 0.129 e. The van der Waals surface area contributed by atoms with Gasteiger partial charge in [-0.25, -0.2) is 0 Å². The van der Waals surface area contributed by atoms with Gasteiger partial charge < -0.3 is 10.5 Å². The predicted molar refractivity (Wildman–Crippen MR) is 37.0 cm³/mol. The van der Waals surface area contributed by atoms with Crippen molar-refractivity contribution in [3.8, 4) is 0 Å². The third kappa shape index (κ3) is 1.47. The molecule has 0 aliphatic carbocycles. The second-order valence-corrected chi connectivity index (χ2v) is 2.10. The fourth-order valence-electron chi connectivity index (χ4n) is 0.619. The van der Waals surface area contributed by atoms with Gasteiger partial charge in [-0.1, -0.05) is 11.6 Å². The van der Waals surface area contributed by atoms with Gasteiger partial charge in [0, 0.05) is 0 Å². The van der Waals surface area contributed by atoms with Gasteiger partial charge in [0.1, 0.15) is 12.4 Å². The molecule has 1 heterocycles. The average Bonchev–Trinajstić information content (AvgIpc) is 1.89. The molecule has 2 nitrogen and oxygen atoms in total. The van der Waals surface area contributed by atoms with Crippen LogP contribution < -0.4 is 5.73 Å². The Morgan fingerprint density at radius 2 is 2.56 bits per heavy atom. The Balaban J connectivity index is 2.72. The molecule has 1 aliphatic rings. The van der Waals surface area contributed by atoms with Crippen molar-refractivity contribution in [2.75, 3.05) is 13.2 Å². The number of allylic oxidation sites excluding steroid dienone is 2. The van der Waals surface area contributed by atoms with E-state index in [1.54, 1.807) is 6.08 Å². The molecular formula is C6H8ClNO. The summed E-state index contributed by atoms with van der Waals surface area (Å²) >= 11 is 5.67. The first-order valence-corrected chi connectivity index (χ1v) is 3.10. The summed E-state index contributed by atoms with van der Waals surface area (Å²) in [5, 5.41) is 0.615. The number of hydrogen-bond donors (Lipinski definition) is 1. The van der Waals surface area contributed by atoms with Crippen molar-refractivity contribution >= 4 is 11.6 Å². The van der Waals surface area contributed by atoms with Crippen molar-refractivity contribution in [3.63, 3.8) is 0 Å². The molecule has 2 N–H and O–H groups in total. The lowest BCUT2D eigenvalue weighted by molar-refractivity contribution is 0.239. The topological polar surface area (TPSA) is 35.2 Å². The van der Waals surface area contributed by atoms with Gasteiger partial charge in [0.05, 0.1) is 11.6 Å². The Labute approximate surface area is 58.9 Å². The van der Waals surface area contributed by atoms with Gasteiger partial charge in [-0.05, 0) is 12.2 Å². The van der Waals surface area contributed by atoms with Gasteiger partial charge in [0.15, 0.2) is 0 Å². The van der Waals surface area contributed by atoms with Gasteiger partial charge in [0.25, 0.3) is 0 Å². The van der Waals surface area contributed by atoms with Gasteiger partial charge in [0.2, 0.25) is 0 Å². The van der Waals surface area contributed by atoms with E-state index in [9.17, 15) is 0 Å². The second kappa shape index (κ2) is 2.90. The minimum Gasteiger partial charge on any atom is -0.491 e. The predicted octanol–water partition coefficient (Wildman–Crippen LogP) is 0.982. The minimum atomic E-state index is 0.378. The average molecular weight is 146 g/mol. The van der Waals surface area contributed by atoms with Crippen LogP contribution in [0.2, 0.25) is 0 Å². The van der Waals surface area contributed by atoms with E-state index in [4.69, 9.17) is 22.1 Å². The Hall–Kier alpha value is -0.470. The van der Waals surface area contributed by atoms with Crippen LogP contribution in [0, 0.1) is 0 Å². The van der Waals surface area contributed by atoms with Crippen LogP contribution in [0.5, 0.6) is 0 Å². The lowest BCUT2D eigenvalue weighted by Gasteiger charge is -2.10. The van der Waals surface area contributed by atoms with Crippen molar-refractivity contribution in [1.82, 2.24) is 0 Å². The highest BCUT2D eigenvalue weighted by Gasteiger charge is 2.03. The van der Waals surface area contributed by atoms with E-state index in [1.807, 2.05) is 6.08 Å². The number of hydrogen-bond acceptors (Lipinski definition) is 2. The van der Waals surface area contributed by atoms with Crippen molar-refractivity contribution in [1.29, 1.82) is 0 Å². The Morgan fingerprint density at radius 1 is 1.78 bits per heavy atom. The third-order valence-corrected chi connectivity index (χ3v) is 1.41. The summed E-state index contributed by atoms with van der Waals surface area (Å²) in [6.07, 6.45) is 3.65. The number of ether oxygens (including phenoxy) is 1. The van der Waals surface area contributed by atoms with E-state index >= 15 is 0 Å². The number of halogens is 1. The molecule has 1 rings (SSSR count). The van der Waals surface area contributed by atoms with Gasteiger partial charge in [-0.3, -0.25) is 0 Å². The van der Waals surface area contributed by atoms with Crippen LogP contribution in [0.3, 0.4) is 0 Å². The van der Waals surface area contributed by atoms with Gasteiger partial charge >= 0.3 is 0 Å². The first-order valence-electron chi connectivity index (χ1n) is 2.72. The van der Waals surface area contributed by atoms with Crippen LogP contribution >= 0.6 is 11.6 Å². The standard InChI is InChI=1S/C6H8ClNO/c7-5-2-1-3-9-6(5)4-8/h1-2H,3-4,8H2. The van der Waals surface area contributed by atoms with Crippen molar-refractivity contribution in [3.05, 3.63) is 22.9 Å². The fourth-order valence-corrected chi connectivity index (χ4v) is 0.839. The molecule has 0 aromatic heterocycles. The molecule has 50 valence electrons. The zero-order valence-electron chi connectivity index (χ0n) is 4.93. The Bertz CT molecular complexity index is 162. The summed E-state index contributed by atoms with van der Waals surface area (Å²) in [5.41, 5.74) is 5.29. The molecule has 0 amide bonds. The van der Waals surface area contributed by atoms with E-state index in [1.165, 1.54) is 0 Å². The van der Waals surface area contributed by atoms with Crippen LogP contribution in [-0.4, -0.2) is 13.2 Å². The highest BCUT2D eigenvalue weighted by molar-refractivity contribution is 6.31. The quantitative estimate of drug-likeness (QED) is 0.597. The minimum absolute atomic E-state index is 0.378. The van der Waals surface area contributed by atoms with E-state index in [0.717, 1.165) is 0 Å². The third-order valence-electron chi connectivity index (χ3n) is 1.07. The van der Waals surface area contributed by atoms with E-state index < -0.39 is 0 Å². The molecule has 0 fully saturated rings. The van der Waals surface area contributed by atoms with E-state index in [-0.39, 0.29) is 0 Å². The molecule has 0 unspecified atom stereocenters. The maximum absolute atomic E-state index is 5.67. The molecule has 0 atom stereocenters. The molecule has 9 heavy (non-hydrogen) atoms. The summed E-state index contributed by atoms with van der Waals surface area (Å²) in [6.45, 7) is 0.964. The molecule has 0 spiro atoms. The van der Waals surface area contributed by atoms with Crippen molar-refractivity contribution < 1.29 is 4.74 Å². The first kappa shape index (κ1) is 6.65. The molecule has 0 aromatic carbocycles. The number of nitrogens with two attached hydrogens (primary N) is 1. The lowest BCUT2D eigenvalue weighted by Crippen LogP contribution is -2.10. The Kier molecular flexibility index (Phi) is 2.14. The van der Waals surface area contributed by atoms with Gasteiger partial charge in [-0.15, -0.1) is 0 Å². The lowest BCUT2D eigenvalue weighted by atomic mass is 10.3. The summed E-state index contributed by atoms with van der Waals surface area (Å²) in [7, 11) is 0. The molecule has 3 heteroatoms. The Morgan fingerprint density at radius 3 is 3.00 bits per heavy atom. The van der Waals surface area contributed by atoms with Crippen LogP contribution in [0.15, 0.2) is 22.9 Å². The maximum Gasteiger partial charge on any atom is 0.129 e. The van der Waals surface area contributed by atoms with Gasteiger partial charge in [-0.2, -0.15) is 0 Å². The summed E-state index contributed by atoms with van der Waals surface area (Å²) < 4.78 is 5.08. The largest absolute Gasteiger partial charge is 0.491 e. The molecule has 0 radical (unpaired) electrons. The second-order valence-electron chi connectivity index (χ2n) is 1.69. The molecule has 0 aromatic rings.